The summed E-state index contributed by atoms with van der Waals surface area (Å²) in [6, 6.07) is 7.89. The van der Waals surface area contributed by atoms with Crippen LogP contribution in [0.3, 0.4) is 0 Å². The van der Waals surface area contributed by atoms with Crippen LogP contribution in [0.4, 0.5) is 0 Å². The van der Waals surface area contributed by atoms with E-state index in [-0.39, 0.29) is 5.78 Å². The van der Waals surface area contributed by atoms with Crippen LogP contribution in [0.1, 0.15) is 30.1 Å². The van der Waals surface area contributed by atoms with Gasteiger partial charge in [-0.25, -0.2) is 0 Å². The van der Waals surface area contributed by atoms with Crippen LogP contribution in [0, 0.1) is 0 Å². The van der Waals surface area contributed by atoms with Gasteiger partial charge in [0.15, 0.2) is 5.78 Å². The molecule has 2 nitrogen and oxygen atoms in total. The van der Waals surface area contributed by atoms with Crippen molar-refractivity contribution in [3.8, 4) is 0 Å². The molecule has 1 saturated heterocycles. The minimum atomic E-state index is 0.127. The molecule has 0 spiro atoms. The lowest BCUT2D eigenvalue weighted by atomic mass is 10.2. The SMILES string of the molecule is CC(=O)c1ccc(SC2CCOCC2)cc1. The van der Waals surface area contributed by atoms with Gasteiger partial charge in [-0.2, -0.15) is 0 Å². The number of carbonyl (C=O) groups excluding carboxylic acids is 1. The lowest BCUT2D eigenvalue weighted by Crippen LogP contribution is -2.17. The number of thioether (sulfide) groups is 1. The maximum Gasteiger partial charge on any atom is 0.159 e. The largest absolute Gasteiger partial charge is 0.381 e. The third kappa shape index (κ3) is 3.09. The van der Waals surface area contributed by atoms with Crippen LogP contribution in [-0.4, -0.2) is 24.2 Å². The highest BCUT2D eigenvalue weighted by Crippen LogP contribution is 2.29. The standard InChI is InChI=1S/C13H16O2S/c1-10(14)11-2-4-12(5-3-11)16-13-6-8-15-9-7-13/h2-5,13H,6-9H2,1H3. The fourth-order valence-electron chi connectivity index (χ4n) is 1.75. The molecule has 0 aromatic heterocycles. The average molecular weight is 236 g/mol. The lowest BCUT2D eigenvalue weighted by Gasteiger charge is -2.21. The molecule has 16 heavy (non-hydrogen) atoms. The highest BCUT2D eigenvalue weighted by atomic mass is 32.2. The number of ketones is 1. The van der Waals surface area contributed by atoms with E-state index in [0.29, 0.717) is 5.25 Å². The van der Waals surface area contributed by atoms with Gasteiger partial charge in [-0.3, -0.25) is 4.79 Å². The first kappa shape index (κ1) is 11.7. The van der Waals surface area contributed by atoms with Gasteiger partial charge in [0.1, 0.15) is 0 Å². The summed E-state index contributed by atoms with van der Waals surface area (Å²) in [5, 5.41) is 0.664. The molecular weight excluding hydrogens is 220 g/mol. The summed E-state index contributed by atoms with van der Waals surface area (Å²) < 4.78 is 5.33. The van der Waals surface area contributed by atoms with E-state index in [4.69, 9.17) is 4.74 Å². The van der Waals surface area contributed by atoms with E-state index in [1.807, 2.05) is 36.0 Å². The summed E-state index contributed by atoms with van der Waals surface area (Å²) >= 11 is 1.89. The molecule has 0 atom stereocenters. The summed E-state index contributed by atoms with van der Waals surface area (Å²) in [4.78, 5) is 12.4. The minimum Gasteiger partial charge on any atom is -0.381 e. The molecule has 1 fully saturated rings. The Morgan fingerprint density at radius 1 is 1.25 bits per heavy atom. The molecule has 0 unspecified atom stereocenters. The summed E-state index contributed by atoms with van der Waals surface area (Å²) in [6.07, 6.45) is 2.25. The second-order valence-electron chi connectivity index (χ2n) is 4.01. The van der Waals surface area contributed by atoms with Crippen LogP contribution in [-0.2, 0) is 4.74 Å². The Morgan fingerprint density at radius 3 is 2.44 bits per heavy atom. The number of carbonyl (C=O) groups is 1. The van der Waals surface area contributed by atoms with Gasteiger partial charge < -0.3 is 4.74 Å². The van der Waals surface area contributed by atoms with Gasteiger partial charge in [-0.15, -0.1) is 11.8 Å². The molecule has 0 N–H and O–H groups in total. The van der Waals surface area contributed by atoms with Crippen molar-refractivity contribution in [2.24, 2.45) is 0 Å². The Hall–Kier alpha value is -0.800. The molecule has 1 heterocycles. The maximum atomic E-state index is 11.1. The van der Waals surface area contributed by atoms with Crippen LogP contribution >= 0.6 is 11.8 Å². The van der Waals surface area contributed by atoms with Gasteiger partial charge in [0.05, 0.1) is 0 Å². The third-order valence-corrected chi connectivity index (χ3v) is 4.08. The van der Waals surface area contributed by atoms with Crippen molar-refractivity contribution in [1.29, 1.82) is 0 Å². The molecule has 1 aromatic carbocycles. The van der Waals surface area contributed by atoms with Gasteiger partial charge in [-0.1, -0.05) is 12.1 Å². The van der Waals surface area contributed by atoms with E-state index >= 15 is 0 Å². The smallest absolute Gasteiger partial charge is 0.159 e. The van der Waals surface area contributed by atoms with E-state index < -0.39 is 0 Å². The van der Waals surface area contributed by atoms with E-state index in [0.717, 1.165) is 31.6 Å². The zero-order valence-corrected chi connectivity index (χ0v) is 10.3. The Balaban J connectivity index is 1.96. The number of ether oxygens (including phenoxy) is 1. The Labute approximate surface area is 100 Å². The Kier molecular flexibility index (Phi) is 4.02. The average Bonchev–Trinajstić information content (AvgIpc) is 2.31. The van der Waals surface area contributed by atoms with Crippen molar-refractivity contribution >= 4 is 17.5 Å². The maximum absolute atomic E-state index is 11.1. The molecule has 0 bridgehead atoms. The predicted octanol–water partition coefficient (Wildman–Crippen LogP) is 3.16. The van der Waals surface area contributed by atoms with Crippen LogP contribution < -0.4 is 0 Å². The topological polar surface area (TPSA) is 26.3 Å². The van der Waals surface area contributed by atoms with Crippen LogP contribution in [0.5, 0.6) is 0 Å². The minimum absolute atomic E-state index is 0.127. The highest BCUT2D eigenvalue weighted by molar-refractivity contribution is 8.00. The number of benzene rings is 1. The van der Waals surface area contributed by atoms with Gasteiger partial charge in [0.2, 0.25) is 0 Å². The molecule has 3 heteroatoms. The van der Waals surface area contributed by atoms with Crippen molar-refractivity contribution in [3.05, 3.63) is 29.8 Å². The monoisotopic (exact) mass is 236 g/mol. The van der Waals surface area contributed by atoms with E-state index in [1.165, 1.54) is 4.90 Å². The zero-order chi connectivity index (χ0) is 11.4. The first-order valence-corrected chi connectivity index (χ1v) is 6.49. The molecule has 86 valence electrons. The van der Waals surface area contributed by atoms with E-state index in [1.54, 1.807) is 6.92 Å². The fourth-order valence-corrected chi connectivity index (χ4v) is 2.86. The van der Waals surface area contributed by atoms with Gasteiger partial charge >= 0.3 is 0 Å². The van der Waals surface area contributed by atoms with Crippen LogP contribution in [0.2, 0.25) is 0 Å². The molecule has 0 aliphatic carbocycles. The predicted molar refractivity (Wildman–Crippen MR) is 66.1 cm³/mol. The molecule has 1 aliphatic heterocycles. The number of hydrogen-bond acceptors (Lipinski definition) is 3. The van der Waals surface area contributed by atoms with Gasteiger partial charge in [-0.05, 0) is 31.9 Å². The second kappa shape index (κ2) is 5.51. The second-order valence-corrected chi connectivity index (χ2v) is 5.38. The quantitative estimate of drug-likeness (QED) is 0.754. The molecule has 0 amide bonds. The summed E-state index contributed by atoms with van der Waals surface area (Å²) in [5.41, 5.74) is 0.788. The van der Waals surface area contributed by atoms with Crippen LogP contribution in [0.15, 0.2) is 29.2 Å². The van der Waals surface area contributed by atoms with E-state index in [9.17, 15) is 4.79 Å². The Bertz CT molecular complexity index is 353. The number of hydrogen-bond donors (Lipinski definition) is 0. The molecule has 1 aliphatic rings. The fraction of sp³-hybridized carbons (Fsp3) is 0.462. The molecule has 0 radical (unpaired) electrons. The van der Waals surface area contributed by atoms with Crippen molar-refractivity contribution in [2.75, 3.05) is 13.2 Å². The molecule has 1 aromatic rings. The van der Waals surface area contributed by atoms with E-state index in [2.05, 4.69) is 0 Å². The van der Waals surface area contributed by atoms with Crippen molar-refractivity contribution in [3.63, 3.8) is 0 Å². The normalized spacial score (nSPS) is 17.3. The van der Waals surface area contributed by atoms with Gasteiger partial charge in [0.25, 0.3) is 0 Å². The number of Topliss-reactive ketones (excluding diaryl/α,β-unsaturated/α-hetero) is 1. The third-order valence-electron chi connectivity index (χ3n) is 2.73. The Morgan fingerprint density at radius 2 is 1.88 bits per heavy atom. The molecule has 2 rings (SSSR count). The molecular formula is C13H16O2S. The first-order chi connectivity index (χ1) is 7.75. The van der Waals surface area contributed by atoms with Crippen LogP contribution in [0.25, 0.3) is 0 Å². The van der Waals surface area contributed by atoms with Crippen molar-refractivity contribution in [1.82, 2.24) is 0 Å². The zero-order valence-electron chi connectivity index (χ0n) is 9.44. The highest BCUT2D eigenvalue weighted by Gasteiger charge is 2.14. The summed E-state index contributed by atoms with van der Waals surface area (Å²) in [6.45, 7) is 3.35. The summed E-state index contributed by atoms with van der Waals surface area (Å²) in [7, 11) is 0. The lowest BCUT2D eigenvalue weighted by molar-refractivity contribution is 0.1000. The summed E-state index contributed by atoms with van der Waals surface area (Å²) in [5.74, 6) is 0.127. The van der Waals surface area contributed by atoms with Gasteiger partial charge in [0, 0.05) is 28.9 Å². The molecule has 0 saturated carbocycles. The van der Waals surface area contributed by atoms with Crippen molar-refractivity contribution in [2.45, 2.75) is 29.9 Å². The first-order valence-electron chi connectivity index (χ1n) is 5.61. The number of rotatable bonds is 3. The van der Waals surface area contributed by atoms with Crippen molar-refractivity contribution < 1.29 is 9.53 Å².